The number of hydrogen-bond acceptors (Lipinski definition) is 2. The fourth-order valence-electron chi connectivity index (χ4n) is 3.68. The van der Waals surface area contributed by atoms with Crippen molar-refractivity contribution >= 4 is 0 Å². The summed E-state index contributed by atoms with van der Waals surface area (Å²) in [6, 6.07) is 8.62. The van der Waals surface area contributed by atoms with Gasteiger partial charge in [0.2, 0.25) is 0 Å². The van der Waals surface area contributed by atoms with Crippen LogP contribution in [0.2, 0.25) is 0 Å². The van der Waals surface area contributed by atoms with Gasteiger partial charge in [0.05, 0.1) is 6.61 Å². The first-order valence-electron chi connectivity index (χ1n) is 12.4. The van der Waals surface area contributed by atoms with Crippen LogP contribution >= 0.6 is 0 Å². The quantitative estimate of drug-likeness (QED) is 0.133. The van der Waals surface area contributed by atoms with Crippen molar-refractivity contribution in [2.24, 2.45) is 0 Å². The zero-order valence-corrected chi connectivity index (χ0v) is 18.9. The maximum atomic E-state index is 5.69. The summed E-state index contributed by atoms with van der Waals surface area (Å²) in [5.74, 6) is 0.965. The Morgan fingerprint density at radius 2 is 1.34 bits per heavy atom. The van der Waals surface area contributed by atoms with Crippen molar-refractivity contribution < 1.29 is 9.47 Å². The third-order valence-electron chi connectivity index (χ3n) is 5.74. The van der Waals surface area contributed by atoms with Crippen molar-refractivity contribution in [3.8, 4) is 5.75 Å². The van der Waals surface area contributed by atoms with Crippen molar-refractivity contribution in [3.63, 3.8) is 0 Å². The Labute approximate surface area is 180 Å². The third-order valence-corrected chi connectivity index (χ3v) is 5.74. The Morgan fingerprint density at radius 3 is 1.93 bits per heavy atom. The number of rotatable bonds is 19. The molecule has 0 amide bonds. The lowest BCUT2D eigenvalue weighted by molar-refractivity contribution is 0.263. The summed E-state index contributed by atoms with van der Waals surface area (Å²) in [6.45, 7) is 3.82. The smallest absolute Gasteiger partial charge is 0.119 e. The van der Waals surface area contributed by atoms with Gasteiger partial charge in [-0.3, -0.25) is 0 Å². The highest BCUT2D eigenvalue weighted by molar-refractivity contribution is 5.27. The fraction of sp³-hybridized carbons (Fsp3) is 0.704. The van der Waals surface area contributed by atoms with Gasteiger partial charge >= 0.3 is 0 Å². The summed E-state index contributed by atoms with van der Waals surface area (Å²) in [5, 5.41) is 0. The van der Waals surface area contributed by atoms with E-state index >= 15 is 0 Å². The molecule has 1 fully saturated rings. The molecule has 1 aromatic rings. The van der Waals surface area contributed by atoms with Gasteiger partial charge in [-0.15, -0.1) is 0 Å². The van der Waals surface area contributed by atoms with Crippen molar-refractivity contribution in [1.29, 1.82) is 0 Å². The number of hydrogen-bond donors (Lipinski definition) is 0. The molecule has 0 aliphatic carbocycles. The molecule has 2 heteroatoms. The Morgan fingerprint density at radius 1 is 0.793 bits per heavy atom. The van der Waals surface area contributed by atoms with E-state index in [0.717, 1.165) is 12.4 Å². The van der Waals surface area contributed by atoms with Gasteiger partial charge in [0, 0.05) is 0 Å². The number of unbranched alkanes of at least 4 members (excludes halogenated alkanes) is 12. The van der Waals surface area contributed by atoms with Crippen LogP contribution in [0.1, 0.15) is 102 Å². The number of ether oxygens (including phenoxy) is 2. The largest absolute Gasteiger partial charge is 0.491 e. The third kappa shape index (κ3) is 13.5. The topological polar surface area (TPSA) is 21.8 Å². The van der Waals surface area contributed by atoms with E-state index in [4.69, 9.17) is 9.47 Å². The molecule has 1 atom stereocenters. The van der Waals surface area contributed by atoms with E-state index < -0.39 is 0 Å². The standard InChI is InChI=1S/C27H44O2/c1-2-3-4-5-6-7-8-9-10-11-12-13-14-15-16-17-18-25-19-21-26(22-20-25)28-23-27-24-29-27/h7-8,19-22,27H,2-6,9-18,23-24H2,1H3/b8-7+. The van der Waals surface area contributed by atoms with Crippen LogP contribution in [0.4, 0.5) is 0 Å². The minimum absolute atomic E-state index is 0.330. The monoisotopic (exact) mass is 400 g/mol. The Kier molecular flexibility index (Phi) is 13.7. The van der Waals surface area contributed by atoms with Crippen molar-refractivity contribution in [2.75, 3.05) is 13.2 Å². The van der Waals surface area contributed by atoms with Crippen LogP contribution in [-0.4, -0.2) is 19.3 Å². The molecule has 0 N–H and O–H groups in total. The molecule has 0 bridgehead atoms. The van der Waals surface area contributed by atoms with Gasteiger partial charge in [-0.05, 0) is 56.2 Å². The summed E-state index contributed by atoms with van der Waals surface area (Å²) in [6.07, 6.45) is 25.5. The molecule has 1 unspecified atom stereocenters. The molecule has 0 saturated carbocycles. The highest BCUT2D eigenvalue weighted by Gasteiger charge is 2.22. The summed E-state index contributed by atoms with van der Waals surface area (Å²) in [5.41, 5.74) is 1.43. The molecule has 2 nitrogen and oxygen atoms in total. The average Bonchev–Trinajstić information content (AvgIpc) is 3.57. The van der Waals surface area contributed by atoms with Gasteiger partial charge in [0.15, 0.2) is 0 Å². The van der Waals surface area contributed by atoms with Crippen LogP contribution in [0.25, 0.3) is 0 Å². The normalized spacial score (nSPS) is 15.8. The fourth-order valence-corrected chi connectivity index (χ4v) is 3.68. The first kappa shape index (κ1) is 24.0. The second kappa shape index (κ2) is 16.5. The lowest BCUT2D eigenvalue weighted by atomic mass is 10.0. The Bertz CT molecular complexity index is 516. The highest BCUT2D eigenvalue weighted by Crippen LogP contribution is 2.17. The van der Waals surface area contributed by atoms with Crippen molar-refractivity contribution in [2.45, 2.75) is 109 Å². The molecule has 2 rings (SSSR count). The highest BCUT2D eigenvalue weighted by atomic mass is 16.6. The molecule has 0 aromatic heterocycles. The first-order chi connectivity index (χ1) is 14.4. The van der Waals surface area contributed by atoms with Crippen LogP contribution in [0, 0.1) is 0 Å². The van der Waals surface area contributed by atoms with Crippen LogP contribution in [0.5, 0.6) is 5.75 Å². The number of aryl methyl sites for hydroxylation is 1. The van der Waals surface area contributed by atoms with Crippen LogP contribution < -0.4 is 4.74 Å². The molecule has 29 heavy (non-hydrogen) atoms. The molecule has 0 spiro atoms. The van der Waals surface area contributed by atoms with E-state index in [2.05, 4.69) is 43.3 Å². The summed E-state index contributed by atoms with van der Waals surface area (Å²) in [4.78, 5) is 0. The molecule has 1 saturated heterocycles. The maximum Gasteiger partial charge on any atom is 0.119 e. The van der Waals surface area contributed by atoms with Gasteiger partial charge in [0.25, 0.3) is 0 Å². The molecule has 1 aliphatic heterocycles. The summed E-state index contributed by atoms with van der Waals surface area (Å²) in [7, 11) is 0. The Balaban J connectivity index is 1.32. The van der Waals surface area contributed by atoms with Crippen molar-refractivity contribution in [1.82, 2.24) is 0 Å². The molecule has 1 aromatic carbocycles. The van der Waals surface area contributed by atoms with E-state index in [1.807, 2.05) is 0 Å². The molecular formula is C27H44O2. The van der Waals surface area contributed by atoms with Gasteiger partial charge in [-0.25, -0.2) is 0 Å². The lowest BCUT2D eigenvalue weighted by Crippen LogP contribution is -2.03. The summed E-state index contributed by atoms with van der Waals surface area (Å²) < 4.78 is 10.9. The predicted molar refractivity (Wildman–Crippen MR) is 125 cm³/mol. The van der Waals surface area contributed by atoms with Crippen LogP contribution in [-0.2, 0) is 11.2 Å². The first-order valence-corrected chi connectivity index (χ1v) is 12.4. The second-order valence-corrected chi connectivity index (χ2v) is 8.60. The van der Waals surface area contributed by atoms with E-state index in [1.165, 1.54) is 102 Å². The molecule has 0 radical (unpaired) electrons. The van der Waals surface area contributed by atoms with E-state index in [-0.39, 0.29) is 0 Å². The van der Waals surface area contributed by atoms with Gasteiger partial charge < -0.3 is 9.47 Å². The lowest BCUT2D eigenvalue weighted by Gasteiger charge is -2.06. The molecule has 1 heterocycles. The van der Waals surface area contributed by atoms with Crippen LogP contribution in [0.15, 0.2) is 36.4 Å². The number of allylic oxidation sites excluding steroid dienone is 2. The van der Waals surface area contributed by atoms with E-state index in [1.54, 1.807) is 0 Å². The van der Waals surface area contributed by atoms with Crippen molar-refractivity contribution in [3.05, 3.63) is 42.0 Å². The van der Waals surface area contributed by atoms with Gasteiger partial charge in [-0.1, -0.05) is 89.0 Å². The zero-order chi connectivity index (χ0) is 20.4. The van der Waals surface area contributed by atoms with Gasteiger partial charge in [0.1, 0.15) is 18.5 Å². The van der Waals surface area contributed by atoms with Crippen LogP contribution in [0.3, 0.4) is 0 Å². The molecular weight excluding hydrogens is 356 g/mol. The number of epoxide rings is 1. The van der Waals surface area contributed by atoms with E-state index in [0.29, 0.717) is 12.7 Å². The zero-order valence-electron chi connectivity index (χ0n) is 18.9. The predicted octanol–water partition coefficient (Wildman–Crippen LogP) is 8.04. The number of benzene rings is 1. The SMILES string of the molecule is CCCCCC/C=C/CCCCCCCCCCc1ccc(OCC2CO2)cc1. The van der Waals surface area contributed by atoms with Gasteiger partial charge in [-0.2, -0.15) is 0 Å². The Hall–Kier alpha value is -1.28. The average molecular weight is 401 g/mol. The second-order valence-electron chi connectivity index (χ2n) is 8.60. The van der Waals surface area contributed by atoms with E-state index in [9.17, 15) is 0 Å². The molecule has 1 aliphatic rings. The minimum atomic E-state index is 0.330. The minimum Gasteiger partial charge on any atom is -0.491 e. The maximum absolute atomic E-state index is 5.69. The summed E-state index contributed by atoms with van der Waals surface area (Å²) >= 11 is 0. The molecule has 164 valence electrons.